The van der Waals surface area contributed by atoms with Gasteiger partial charge in [0, 0.05) is 30.7 Å². The normalized spacial score (nSPS) is 25.5. The van der Waals surface area contributed by atoms with Crippen LogP contribution in [0.2, 0.25) is 5.02 Å². The van der Waals surface area contributed by atoms with Crippen LogP contribution in [0, 0.1) is 12.3 Å². The molecule has 0 saturated carbocycles. The van der Waals surface area contributed by atoms with E-state index in [1.54, 1.807) is 0 Å². The molecule has 1 fully saturated rings. The Balaban J connectivity index is 2.08. The van der Waals surface area contributed by atoms with Gasteiger partial charge in [0.2, 0.25) is 0 Å². The van der Waals surface area contributed by atoms with Crippen LogP contribution in [0.15, 0.2) is 24.3 Å². The summed E-state index contributed by atoms with van der Waals surface area (Å²) in [5.74, 6) is 2.84. The lowest BCUT2D eigenvalue weighted by molar-refractivity contribution is 0.161. The van der Waals surface area contributed by atoms with Gasteiger partial charge in [0.25, 0.3) is 0 Å². The second-order valence-electron chi connectivity index (χ2n) is 4.55. The number of piperazine rings is 1. The third kappa shape index (κ3) is 3.23. The quantitative estimate of drug-likeness (QED) is 0.807. The fourth-order valence-corrected chi connectivity index (χ4v) is 2.41. The average molecular weight is 249 g/mol. The Bertz CT molecular complexity index is 424. The molecule has 2 atom stereocenters. The van der Waals surface area contributed by atoms with Crippen molar-refractivity contribution < 1.29 is 0 Å². The van der Waals surface area contributed by atoms with Crippen molar-refractivity contribution in [2.45, 2.75) is 25.6 Å². The second kappa shape index (κ2) is 5.55. The Kier molecular flexibility index (Phi) is 4.06. The lowest BCUT2D eigenvalue weighted by atomic mass is 10.1. The van der Waals surface area contributed by atoms with E-state index in [0.717, 1.165) is 24.7 Å². The molecule has 0 amide bonds. The number of hydrogen-bond donors (Lipinski definition) is 1. The lowest BCUT2D eigenvalue weighted by Crippen LogP contribution is -2.54. The van der Waals surface area contributed by atoms with Gasteiger partial charge in [-0.05, 0) is 24.6 Å². The SMILES string of the molecule is C#C[C@@H]1CN[C@@H](C)CN1Cc1cccc(Cl)c1. The van der Waals surface area contributed by atoms with Gasteiger partial charge in [-0.15, -0.1) is 6.42 Å². The molecule has 1 aromatic carbocycles. The number of nitrogens with zero attached hydrogens (tertiary/aromatic N) is 1. The van der Waals surface area contributed by atoms with Gasteiger partial charge in [0.1, 0.15) is 0 Å². The van der Waals surface area contributed by atoms with E-state index in [1.165, 1.54) is 5.56 Å². The molecule has 0 radical (unpaired) electrons. The minimum absolute atomic E-state index is 0.171. The van der Waals surface area contributed by atoms with Crippen LogP contribution in [0.4, 0.5) is 0 Å². The summed E-state index contributed by atoms with van der Waals surface area (Å²) in [5, 5.41) is 4.18. The van der Waals surface area contributed by atoms with E-state index in [0.29, 0.717) is 6.04 Å². The first kappa shape index (κ1) is 12.4. The minimum atomic E-state index is 0.171. The van der Waals surface area contributed by atoms with Crippen LogP contribution in [0.3, 0.4) is 0 Å². The van der Waals surface area contributed by atoms with E-state index < -0.39 is 0 Å². The van der Waals surface area contributed by atoms with Crippen molar-refractivity contribution in [2.75, 3.05) is 13.1 Å². The number of nitrogens with one attached hydrogen (secondary N) is 1. The summed E-state index contributed by atoms with van der Waals surface area (Å²) in [6.45, 7) is 4.87. The van der Waals surface area contributed by atoms with Gasteiger partial charge in [0.15, 0.2) is 0 Å². The van der Waals surface area contributed by atoms with Gasteiger partial charge >= 0.3 is 0 Å². The molecule has 0 spiro atoms. The molecule has 0 aliphatic carbocycles. The summed E-state index contributed by atoms with van der Waals surface area (Å²) < 4.78 is 0. The van der Waals surface area contributed by atoms with Gasteiger partial charge in [0.05, 0.1) is 6.04 Å². The lowest BCUT2D eigenvalue weighted by Gasteiger charge is -2.36. The molecular weight excluding hydrogens is 232 g/mol. The molecule has 1 saturated heterocycles. The molecule has 1 N–H and O–H groups in total. The average Bonchev–Trinajstić information content (AvgIpc) is 2.29. The third-order valence-corrected chi connectivity index (χ3v) is 3.31. The second-order valence-corrected chi connectivity index (χ2v) is 4.99. The number of hydrogen-bond acceptors (Lipinski definition) is 2. The van der Waals surface area contributed by atoms with Crippen LogP contribution < -0.4 is 5.32 Å². The zero-order valence-corrected chi connectivity index (χ0v) is 10.7. The summed E-state index contributed by atoms with van der Waals surface area (Å²) in [6, 6.07) is 8.62. The zero-order valence-electron chi connectivity index (χ0n) is 9.99. The fraction of sp³-hybridized carbons (Fsp3) is 0.429. The molecule has 2 rings (SSSR count). The maximum absolute atomic E-state index is 5.99. The highest BCUT2D eigenvalue weighted by Gasteiger charge is 2.23. The van der Waals surface area contributed by atoms with Gasteiger partial charge in [-0.1, -0.05) is 29.7 Å². The van der Waals surface area contributed by atoms with Gasteiger partial charge < -0.3 is 5.32 Å². The van der Waals surface area contributed by atoms with Crippen molar-refractivity contribution in [2.24, 2.45) is 0 Å². The first-order chi connectivity index (χ1) is 8.19. The van der Waals surface area contributed by atoms with Crippen molar-refractivity contribution in [3.63, 3.8) is 0 Å². The molecule has 90 valence electrons. The smallest absolute Gasteiger partial charge is 0.0841 e. The number of benzene rings is 1. The summed E-state index contributed by atoms with van der Waals surface area (Å²) in [4.78, 5) is 2.33. The Morgan fingerprint density at radius 2 is 2.41 bits per heavy atom. The van der Waals surface area contributed by atoms with Crippen LogP contribution >= 0.6 is 11.6 Å². The van der Waals surface area contributed by atoms with Crippen LogP contribution in [-0.4, -0.2) is 30.1 Å². The van der Waals surface area contributed by atoms with Crippen LogP contribution in [0.25, 0.3) is 0 Å². The van der Waals surface area contributed by atoms with Crippen molar-refractivity contribution in [1.82, 2.24) is 10.2 Å². The standard InChI is InChI=1S/C14H17ClN2/c1-3-14-8-16-11(2)9-17(14)10-12-5-4-6-13(15)7-12/h1,4-7,11,14,16H,8-10H2,2H3/t11-,14+/m0/s1. The summed E-state index contributed by atoms with van der Waals surface area (Å²) >= 11 is 5.99. The summed E-state index contributed by atoms with van der Waals surface area (Å²) in [5.41, 5.74) is 1.21. The molecule has 0 bridgehead atoms. The topological polar surface area (TPSA) is 15.3 Å². The number of terminal acetylenes is 1. The number of rotatable bonds is 2. The van der Waals surface area contributed by atoms with Crippen molar-refractivity contribution in [3.05, 3.63) is 34.9 Å². The largest absolute Gasteiger partial charge is 0.310 e. The highest BCUT2D eigenvalue weighted by Crippen LogP contribution is 2.15. The first-order valence-electron chi connectivity index (χ1n) is 5.87. The Morgan fingerprint density at radius 1 is 1.59 bits per heavy atom. The first-order valence-corrected chi connectivity index (χ1v) is 6.25. The van der Waals surface area contributed by atoms with E-state index >= 15 is 0 Å². The van der Waals surface area contributed by atoms with Crippen molar-refractivity contribution in [1.29, 1.82) is 0 Å². The summed E-state index contributed by atoms with van der Waals surface area (Å²) in [7, 11) is 0. The molecule has 1 heterocycles. The van der Waals surface area contributed by atoms with E-state index in [1.807, 2.05) is 18.2 Å². The van der Waals surface area contributed by atoms with Gasteiger partial charge in [-0.2, -0.15) is 0 Å². The molecule has 17 heavy (non-hydrogen) atoms. The molecule has 0 unspecified atom stereocenters. The zero-order chi connectivity index (χ0) is 12.3. The molecule has 3 heteroatoms. The molecule has 1 aromatic rings. The molecule has 2 nitrogen and oxygen atoms in total. The Labute approximate surface area is 108 Å². The number of halogens is 1. The van der Waals surface area contributed by atoms with E-state index in [9.17, 15) is 0 Å². The maximum Gasteiger partial charge on any atom is 0.0841 e. The molecule has 1 aliphatic heterocycles. The van der Waals surface area contributed by atoms with Crippen LogP contribution in [0.1, 0.15) is 12.5 Å². The van der Waals surface area contributed by atoms with Crippen LogP contribution in [-0.2, 0) is 6.54 Å². The van der Waals surface area contributed by atoms with E-state index in [-0.39, 0.29) is 6.04 Å². The minimum Gasteiger partial charge on any atom is -0.310 e. The van der Waals surface area contributed by atoms with Gasteiger partial charge in [-0.25, -0.2) is 0 Å². The fourth-order valence-electron chi connectivity index (χ4n) is 2.19. The van der Waals surface area contributed by atoms with Gasteiger partial charge in [-0.3, -0.25) is 4.90 Å². The molecule has 1 aliphatic rings. The Morgan fingerprint density at radius 3 is 3.12 bits per heavy atom. The molecular formula is C14H17ClN2. The predicted molar refractivity (Wildman–Crippen MR) is 71.9 cm³/mol. The van der Waals surface area contributed by atoms with E-state index in [2.05, 4.69) is 29.1 Å². The Hall–Kier alpha value is -1.01. The molecule has 0 aromatic heterocycles. The monoisotopic (exact) mass is 248 g/mol. The summed E-state index contributed by atoms with van der Waals surface area (Å²) in [6.07, 6.45) is 5.56. The maximum atomic E-state index is 5.99. The van der Waals surface area contributed by atoms with E-state index in [4.69, 9.17) is 18.0 Å². The van der Waals surface area contributed by atoms with Crippen molar-refractivity contribution >= 4 is 11.6 Å². The predicted octanol–water partition coefficient (Wildman–Crippen LogP) is 2.14. The van der Waals surface area contributed by atoms with Crippen molar-refractivity contribution in [3.8, 4) is 12.3 Å². The van der Waals surface area contributed by atoms with Crippen LogP contribution in [0.5, 0.6) is 0 Å². The highest BCUT2D eigenvalue weighted by molar-refractivity contribution is 6.30. The highest BCUT2D eigenvalue weighted by atomic mass is 35.5. The third-order valence-electron chi connectivity index (χ3n) is 3.08.